The maximum absolute atomic E-state index is 11.8. The topological polar surface area (TPSA) is 89.3 Å². The number of rotatable bonds is 3. The molecule has 0 aliphatic heterocycles. The van der Waals surface area contributed by atoms with Crippen molar-refractivity contribution in [1.29, 1.82) is 0 Å². The van der Waals surface area contributed by atoms with Crippen LogP contribution in [-0.2, 0) is 14.8 Å². The van der Waals surface area contributed by atoms with Crippen LogP contribution in [0.5, 0.6) is 0 Å². The summed E-state index contributed by atoms with van der Waals surface area (Å²) in [5.74, 6) is -0.156. The molecular weight excluding hydrogens is 264 g/mol. The predicted molar refractivity (Wildman–Crippen MR) is 75.3 cm³/mol. The second-order valence-electron chi connectivity index (χ2n) is 5.81. The third-order valence-electron chi connectivity index (χ3n) is 2.47. The van der Waals surface area contributed by atoms with E-state index in [1.165, 1.54) is 6.07 Å². The number of amides is 1. The Hall–Kier alpha value is -1.40. The molecule has 6 heteroatoms. The van der Waals surface area contributed by atoms with Crippen LogP contribution in [0.3, 0.4) is 0 Å². The van der Waals surface area contributed by atoms with Gasteiger partial charge in [-0.2, -0.15) is 0 Å². The summed E-state index contributed by atoms with van der Waals surface area (Å²) >= 11 is 0. The number of hydrogen-bond acceptors (Lipinski definition) is 3. The third kappa shape index (κ3) is 5.00. The number of nitrogens with two attached hydrogens (primary N) is 1. The van der Waals surface area contributed by atoms with Crippen molar-refractivity contribution in [2.24, 2.45) is 10.6 Å². The van der Waals surface area contributed by atoms with E-state index in [-0.39, 0.29) is 16.2 Å². The number of benzene rings is 1. The first-order valence-electron chi connectivity index (χ1n) is 5.92. The third-order valence-corrected chi connectivity index (χ3v) is 3.52. The first-order valence-corrected chi connectivity index (χ1v) is 7.47. The van der Waals surface area contributed by atoms with Crippen LogP contribution in [0.4, 0.5) is 5.69 Å². The van der Waals surface area contributed by atoms with E-state index in [0.717, 1.165) is 0 Å². The van der Waals surface area contributed by atoms with E-state index >= 15 is 0 Å². The zero-order valence-electron chi connectivity index (χ0n) is 11.6. The summed E-state index contributed by atoms with van der Waals surface area (Å²) in [6.07, 6.45) is 0.353. The lowest BCUT2D eigenvalue weighted by Gasteiger charge is -2.17. The lowest BCUT2D eigenvalue weighted by Crippen LogP contribution is -2.20. The molecule has 1 aromatic carbocycles. The highest BCUT2D eigenvalue weighted by molar-refractivity contribution is 7.89. The summed E-state index contributed by atoms with van der Waals surface area (Å²) in [5.41, 5.74) is 0.859. The second-order valence-corrected chi connectivity index (χ2v) is 7.34. The minimum Gasteiger partial charge on any atom is -0.326 e. The summed E-state index contributed by atoms with van der Waals surface area (Å²) in [5, 5.41) is 7.80. The van der Waals surface area contributed by atoms with Crippen molar-refractivity contribution in [2.75, 3.05) is 5.32 Å². The van der Waals surface area contributed by atoms with Gasteiger partial charge < -0.3 is 5.32 Å². The molecule has 106 valence electrons. The maximum Gasteiger partial charge on any atom is 0.238 e. The van der Waals surface area contributed by atoms with Gasteiger partial charge in [-0.3, -0.25) is 4.79 Å². The average Bonchev–Trinajstić information content (AvgIpc) is 2.16. The van der Waals surface area contributed by atoms with Crippen molar-refractivity contribution in [2.45, 2.75) is 39.0 Å². The van der Waals surface area contributed by atoms with Gasteiger partial charge in [-0.25, -0.2) is 13.6 Å². The standard InChI is InChI=1S/C13H20N2O3S/c1-9-5-6-10(7-11(9)19(14,17)18)15-12(16)8-13(2,3)4/h5-7H,8H2,1-4H3,(H,15,16)(H2,14,17,18). The molecule has 3 N–H and O–H groups in total. The number of aryl methyl sites for hydroxylation is 1. The Bertz CT molecular complexity index is 586. The number of sulfonamides is 1. The van der Waals surface area contributed by atoms with E-state index in [1.54, 1.807) is 19.1 Å². The Balaban J connectivity index is 2.96. The number of carbonyl (C=O) groups excluding carboxylic acids is 1. The molecule has 1 rings (SSSR count). The maximum atomic E-state index is 11.8. The zero-order valence-corrected chi connectivity index (χ0v) is 12.5. The number of anilines is 1. The van der Waals surface area contributed by atoms with Crippen LogP contribution in [0.15, 0.2) is 23.1 Å². The van der Waals surface area contributed by atoms with Gasteiger partial charge in [-0.15, -0.1) is 0 Å². The molecule has 0 atom stereocenters. The number of nitrogens with one attached hydrogen (secondary N) is 1. The molecule has 19 heavy (non-hydrogen) atoms. The molecule has 0 radical (unpaired) electrons. The second kappa shape index (κ2) is 5.30. The monoisotopic (exact) mass is 284 g/mol. The Labute approximate surface area is 114 Å². The summed E-state index contributed by atoms with van der Waals surface area (Å²) in [6, 6.07) is 4.66. The minimum atomic E-state index is -3.78. The van der Waals surface area contributed by atoms with E-state index in [4.69, 9.17) is 5.14 Å². The van der Waals surface area contributed by atoms with Crippen LogP contribution in [0.2, 0.25) is 0 Å². The summed E-state index contributed by atoms with van der Waals surface area (Å²) < 4.78 is 22.8. The molecule has 0 fully saturated rings. The Kier molecular flexibility index (Phi) is 4.37. The van der Waals surface area contributed by atoms with Crippen LogP contribution in [-0.4, -0.2) is 14.3 Å². The Morgan fingerprint density at radius 1 is 1.32 bits per heavy atom. The normalized spacial score (nSPS) is 12.3. The molecule has 0 unspecified atom stereocenters. The van der Waals surface area contributed by atoms with E-state index in [1.807, 2.05) is 20.8 Å². The van der Waals surface area contributed by atoms with E-state index in [9.17, 15) is 13.2 Å². The zero-order chi connectivity index (χ0) is 14.8. The van der Waals surface area contributed by atoms with Crippen LogP contribution in [0.25, 0.3) is 0 Å². The summed E-state index contributed by atoms with van der Waals surface area (Å²) in [4.78, 5) is 11.8. The van der Waals surface area contributed by atoms with Gasteiger partial charge in [0.05, 0.1) is 4.90 Å². The molecule has 0 heterocycles. The molecule has 0 saturated carbocycles. The number of carbonyl (C=O) groups is 1. The molecule has 0 aliphatic rings. The largest absolute Gasteiger partial charge is 0.326 e. The van der Waals surface area contributed by atoms with E-state index in [2.05, 4.69) is 5.32 Å². The van der Waals surface area contributed by atoms with Crippen LogP contribution < -0.4 is 10.5 Å². The van der Waals surface area contributed by atoms with Gasteiger partial charge in [0.15, 0.2) is 0 Å². The van der Waals surface area contributed by atoms with Gasteiger partial charge in [0.25, 0.3) is 0 Å². The molecule has 0 aliphatic carbocycles. The lowest BCUT2D eigenvalue weighted by molar-refractivity contribution is -0.117. The van der Waals surface area contributed by atoms with Crippen molar-refractivity contribution >= 4 is 21.6 Å². The molecular formula is C13H20N2O3S. The van der Waals surface area contributed by atoms with Gasteiger partial charge in [0.2, 0.25) is 15.9 Å². The molecule has 0 saturated heterocycles. The van der Waals surface area contributed by atoms with Gasteiger partial charge >= 0.3 is 0 Å². The van der Waals surface area contributed by atoms with Gasteiger partial charge in [-0.1, -0.05) is 26.8 Å². The number of primary sulfonamides is 1. The quantitative estimate of drug-likeness (QED) is 0.889. The van der Waals surface area contributed by atoms with Crippen molar-refractivity contribution in [1.82, 2.24) is 0 Å². The van der Waals surface area contributed by atoms with Gasteiger partial charge in [-0.05, 0) is 30.0 Å². The highest BCUT2D eigenvalue weighted by Crippen LogP contribution is 2.22. The summed E-state index contributed by atoms with van der Waals surface area (Å²) in [7, 11) is -3.78. The van der Waals surface area contributed by atoms with E-state index < -0.39 is 10.0 Å². The van der Waals surface area contributed by atoms with Crippen molar-refractivity contribution in [3.8, 4) is 0 Å². The molecule has 1 amide bonds. The Morgan fingerprint density at radius 3 is 2.37 bits per heavy atom. The van der Waals surface area contributed by atoms with Gasteiger partial charge in [0.1, 0.15) is 0 Å². The van der Waals surface area contributed by atoms with Crippen molar-refractivity contribution in [3.05, 3.63) is 23.8 Å². The highest BCUT2D eigenvalue weighted by Gasteiger charge is 2.17. The SMILES string of the molecule is Cc1ccc(NC(=O)CC(C)(C)C)cc1S(N)(=O)=O. The fourth-order valence-electron chi connectivity index (χ4n) is 1.67. The lowest BCUT2D eigenvalue weighted by atomic mass is 9.92. The van der Waals surface area contributed by atoms with Crippen LogP contribution in [0, 0.1) is 12.3 Å². The van der Waals surface area contributed by atoms with Crippen molar-refractivity contribution < 1.29 is 13.2 Å². The van der Waals surface area contributed by atoms with Crippen LogP contribution >= 0.6 is 0 Å². The highest BCUT2D eigenvalue weighted by atomic mass is 32.2. The molecule has 5 nitrogen and oxygen atoms in total. The smallest absolute Gasteiger partial charge is 0.238 e. The summed E-state index contributed by atoms with van der Waals surface area (Å²) in [6.45, 7) is 7.52. The first-order chi connectivity index (χ1) is 8.49. The predicted octanol–water partition coefficient (Wildman–Crippen LogP) is 2.02. The first kappa shape index (κ1) is 15.7. The van der Waals surface area contributed by atoms with E-state index in [0.29, 0.717) is 17.7 Å². The Morgan fingerprint density at radius 2 is 1.89 bits per heavy atom. The molecule has 1 aromatic rings. The van der Waals surface area contributed by atoms with Crippen molar-refractivity contribution in [3.63, 3.8) is 0 Å². The molecule has 0 bridgehead atoms. The van der Waals surface area contributed by atoms with Gasteiger partial charge in [0, 0.05) is 12.1 Å². The fraction of sp³-hybridized carbons (Fsp3) is 0.462. The number of hydrogen-bond donors (Lipinski definition) is 2. The average molecular weight is 284 g/mol. The minimum absolute atomic E-state index is 0.0288. The fourth-order valence-corrected chi connectivity index (χ4v) is 2.48. The molecule has 0 spiro atoms. The molecule has 0 aromatic heterocycles. The van der Waals surface area contributed by atoms with Crippen LogP contribution in [0.1, 0.15) is 32.8 Å².